The Morgan fingerprint density at radius 3 is 3.00 bits per heavy atom. The van der Waals surface area contributed by atoms with Gasteiger partial charge < -0.3 is 4.74 Å². The van der Waals surface area contributed by atoms with Crippen LogP contribution < -0.4 is 0 Å². The minimum atomic E-state index is -0.222. The predicted molar refractivity (Wildman–Crippen MR) is 41.4 cm³/mol. The summed E-state index contributed by atoms with van der Waals surface area (Å²) in [5.74, 6) is 0.724. The summed E-state index contributed by atoms with van der Waals surface area (Å²) in [6.45, 7) is 1.42. The maximum Gasteiger partial charge on any atom is 0.302 e. The molecule has 0 aromatic carbocycles. The Balaban J connectivity index is 1.94. The van der Waals surface area contributed by atoms with Crippen LogP contribution in [0.2, 0.25) is 0 Å². The maximum absolute atomic E-state index is 11.1. The largest absolute Gasteiger partial charge is 0.462 e. The van der Waals surface area contributed by atoms with Crippen molar-refractivity contribution in [3.05, 3.63) is 0 Å². The van der Waals surface area contributed by atoms with Crippen molar-refractivity contribution in [3.8, 4) is 0 Å². The molecule has 0 N–H and O–H groups in total. The van der Waals surface area contributed by atoms with Gasteiger partial charge in [-0.25, -0.2) is 0 Å². The van der Waals surface area contributed by atoms with E-state index in [1.54, 1.807) is 0 Å². The van der Waals surface area contributed by atoms with Crippen molar-refractivity contribution in [3.63, 3.8) is 0 Å². The second-order valence-corrected chi connectivity index (χ2v) is 3.66. The van der Waals surface area contributed by atoms with Crippen molar-refractivity contribution >= 4 is 11.8 Å². The van der Waals surface area contributed by atoms with Gasteiger partial charge in [-0.1, -0.05) is 0 Å². The van der Waals surface area contributed by atoms with Crippen LogP contribution in [-0.2, 0) is 14.3 Å². The molecular formula is C9H12O3. The molecule has 2 fully saturated rings. The summed E-state index contributed by atoms with van der Waals surface area (Å²) in [6.07, 6.45) is 2.31. The summed E-state index contributed by atoms with van der Waals surface area (Å²) in [6, 6.07) is 0. The highest BCUT2D eigenvalue weighted by Crippen LogP contribution is 2.48. The number of ketones is 1. The molecule has 66 valence electrons. The van der Waals surface area contributed by atoms with Crippen molar-refractivity contribution in [2.24, 2.45) is 11.8 Å². The van der Waals surface area contributed by atoms with Crippen molar-refractivity contribution in [2.75, 3.05) is 0 Å². The van der Waals surface area contributed by atoms with Crippen LogP contribution in [0, 0.1) is 11.8 Å². The summed E-state index contributed by atoms with van der Waals surface area (Å²) < 4.78 is 5.10. The molecule has 0 amide bonds. The van der Waals surface area contributed by atoms with Crippen molar-refractivity contribution in [1.82, 2.24) is 0 Å². The number of rotatable bonds is 1. The highest BCUT2D eigenvalue weighted by molar-refractivity contribution is 5.85. The third kappa shape index (κ3) is 1.24. The third-order valence-corrected chi connectivity index (χ3v) is 2.72. The summed E-state index contributed by atoms with van der Waals surface area (Å²) in [7, 11) is 0. The molecule has 0 spiro atoms. The van der Waals surface area contributed by atoms with Crippen LogP contribution in [0.5, 0.6) is 0 Å². The lowest BCUT2D eigenvalue weighted by Gasteiger charge is -2.19. The van der Waals surface area contributed by atoms with Gasteiger partial charge in [-0.05, 0) is 12.8 Å². The molecule has 3 heteroatoms. The molecule has 3 atom stereocenters. The molecule has 0 heterocycles. The van der Waals surface area contributed by atoms with E-state index in [-0.39, 0.29) is 18.0 Å². The number of hydrogen-bond acceptors (Lipinski definition) is 3. The number of carbonyl (C=O) groups excluding carboxylic acids is 2. The van der Waals surface area contributed by atoms with Gasteiger partial charge in [-0.2, -0.15) is 0 Å². The monoisotopic (exact) mass is 168 g/mol. The topological polar surface area (TPSA) is 43.4 Å². The Kier molecular flexibility index (Phi) is 1.67. The van der Waals surface area contributed by atoms with Crippen LogP contribution in [0.1, 0.15) is 26.2 Å². The minimum Gasteiger partial charge on any atom is -0.462 e. The standard InChI is InChI=1S/C9H12O3/c1-5(10)12-9-3-2-8(11)6-4-7(6)9/h6-7,9H,2-4H2,1H3. The van der Waals surface area contributed by atoms with Gasteiger partial charge in [0.1, 0.15) is 11.9 Å². The van der Waals surface area contributed by atoms with Gasteiger partial charge in [-0.3, -0.25) is 9.59 Å². The van der Waals surface area contributed by atoms with E-state index in [4.69, 9.17) is 4.74 Å². The number of Topliss-reactive ketones (excluding diaryl/α,β-unsaturated/α-hetero) is 1. The first-order valence-corrected chi connectivity index (χ1v) is 4.38. The minimum absolute atomic E-state index is 0.0326. The Hall–Kier alpha value is -0.860. The molecule has 0 aromatic rings. The van der Waals surface area contributed by atoms with E-state index < -0.39 is 0 Å². The zero-order valence-electron chi connectivity index (χ0n) is 7.08. The van der Waals surface area contributed by atoms with Gasteiger partial charge in [-0.15, -0.1) is 0 Å². The Morgan fingerprint density at radius 1 is 1.58 bits per heavy atom. The molecule has 0 aliphatic heterocycles. The molecule has 2 aliphatic rings. The van der Waals surface area contributed by atoms with E-state index in [1.165, 1.54) is 6.92 Å². The summed E-state index contributed by atoms with van der Waals surface area (Å²) in [5, 5.41) is 0. The van der Waals surface area contributed by atoms with Gasteiger partial charge >= 0.3 is 5.97 Å². The van der Waals surface area contributed by atoms with Gasteiger partial charge in [0.25, 0.3) is 0 Å². The molecular weight excluding hydrogens is 156 g/mol. The van der Waals surface area contributed by atoms with Crippen molar-refractivity contribution in [1.29, 1.82) is 0 Å². The zero-order valence-corrected chi connectivity index (χ0v) is 7.08. The first kappa shape index (κ1) is 7.77. The van der Waals surface area contributed by atoms with E-state index in [1.807, 2.05) is 0 Å². The smallest absolute Gasteiger partial charge is 0.302 e. The Morgan fingerprint density at radius 2 is 2.33 bits per heavy atom. The second-order valence-electron chi connectivity index (χ2n) is 3.66. The first-order valence-electron chi connectivity index (χ1n) is 4.38. The van der Waals surface area contributed by atoms with E-state index in [0.717, 1.165) is 12.8 Å². The van der Waals surface area contributed by atoms with Gasteiger partial charge in [0.15, 0.2) is 0 Å². The molecule has 2 saturated carbocycles. The van der Waals surface area contributed by atoms with Gasteiger partial charge in [0, 0.05) is 25.2 Å². The lowest BCUT2D eigenvalue weighted by atomic mass is 9.96. The zero-order chi connectivity index (χ0) is 8.72. The van der Waals surface area contributed by atoms with E-state index in [9.17, 15) is 9.59 Å². The maximum atomic E-state index is 11.1. The number of fused-ring (bicyclic) bond motifs is 1. The Labute approximate surface area is 71.1 Å². The highest BCUT2D eigenvalue weighted by Gasteiger charge is 2.51. The summed E-state index contributed by atoms with van der Waals surface area (Å²) >= 11 is 0. The molecule has 0 radical (unpaired) electrons. The van der Waals surface area contributed by atoms with E-state index >= 15 is 0 Å². The fourth-order valence-electron chi connectivity index (χ4n) is 2.04. The summed E-state index contributed by atoms with van der Waals surface area (Å²) in [5.41, 5.74) is 0. The van der Waals surface area contributed by atoms with Crippen LogP contribution in [0.4, 0.5) is 0 Å². The van der Waals surface area contributed by atoms with Gasteiger partial charge in [0.05, 0.1) is 0 Å². The van der Waals surface area contributed by atoms with Crippen LogP contribution in [0.3, 0.4) is 0 Å². The number of hydrogen-bond donors (Lipinski definition) is 0. The second kappa shape index (κ2) is 2.57. The van der Waals surface area contributed by atoms with E-state index in [2.05, 4.69) is 0 Å². The molecule has 2 rings (SSSR count). The fourth-order valence-corrected chi connectivity index (χ4v) is 2.04. The van der Waals surface area contributed by atoms with Crippen molar-refractivity contribution in [2.45, 2.75) is 32.3 Å². The van der Waals surface area contributed by atoms with E-state index in [0.29, 0.717) is 18.1 Å². The third-order valence-electron chi connectivity index (χ3n) is 2.72. The number of ether oxygens (including phenoxy) is 1. The van der Waals surface area contributed by atoms with Crippen molar-refractivity contribution < 1.29 is 14.3 Å². The van der Waals surface area contributed by atoms with Gasteiger partial charge in [0.2, 0.25) is 0 Å². The molecule has 2 aliphatic carbocycles. The quantitative estimate of drug-likeness (QED) is 0.547. The van der Waals surface area contributed by atoms with Crippen LogP contribution in [0.15, 0.2) is 0 Å². The molecule has 12 heavy (non-hydrogen) atoms. The summed E-state index contributed by atoms with van der Waals surface area (Å²) in [4.78, 5) is 21.8. The molecule has 0 aromatic heterocycles. The first-order chi connectivity index (χ1) is 5.68. The van der Waals surface area contributed by atoms with Crippen LogP contribution in [0.25, 0.3) is 0 Å². The molecule has 0 saturated heterocycles. The predicted octanol–water partition coefficient (Wildman–Crippen LogP) is 0.917. The van der Waals surface area contributed by atoms with Crippen LogP contribution in [-0.4, -0.2) is 17.9 Å². The fraction of sp³-hybridized carbons (Fsp3) is 0.778. The lowest BCUT2D eigenvalue weighted by molar-refractivity contribution is -0.150. The average Bonchev–Trinajstić information content (AvgIpc) is 2.73. The normalized spacial score (nSPS) is 38.8. The Bertz CT molecular complexity index is 234. The molecule has 0 bridgehead atoms. The average molecular weight is 168 g/mol. The number of esters is 1. The highest BCUT2D eigenvalue weighted by atomic mass is 16.5. The van der Waals surface area contributed by atoms with Crippen LogP contribution >= 0.6 is 0 Å². The number of carbonyl (C=O) groups is 2. The lowest BCUT2D eigenvalue weighted by Crippen LogP contribution is -2.26. The molecule has 3 unspecified atom stereocenters. The SMILES string of the molecule is CC(=O)OC1CCC(=O)C2CC12. The molecule has 3 nitrogen and oxygen atoms in total.